The van der Waals surface area contributed by atoms with Gasteiger partial charge < -0.3 is 49.2 Å². The van der Waals surface area contributed by atoms with Gasteiger partial charge in [-0.2, -0.15) is 0 Å². The summed E-state index contributed by atoms with van der Waals surface area (Å²) in [5, 5.41) is 10.9. The van der Waals surface area contributed by atoms with Gasteiger partial charge in [-0.1, -0.05) is 81.4 Å². The molecule has 5 heterocycles. The van der Waals surface area contributed by atoms with Crippen LogP contribution >= 0.6 is 0 Å². The number of hydrogen-bond donors (Lipinski definition) is 3. The van der Waals surface area contributed by atoms with E-state index in [1.165, 1.54) is 60.1 Å². The highest BCUT2D eigenvalue weighted by Gasteiger charge is 2.45. The van der Waals surface area contributed by atoms with E-state index in [0.717, 1.165) is 153 Å². The van der Waals surface area contributed by atoms with Crippen LogP contribution in [0.5, 0.6) is 0 Å². The average molecular weight is 1090 g/mol. The van der Waals surface area contributed by atoms with Crippen LogP contribution in [-0.4, -0.2) is 133 Å². The molecule has 3 saturated heterocycles. The van der Waals surface area contributed by atoms with E-state index in [1.807, 2.05) is 12.3 Å². The number of aldehydes is 1. The van der Waals surface area contributed by atoms with Crippen LogP contribution in [0.2, 0.25) is 0 Å². The fraction of sp³-hybridized carbons (Fsp3) is 0.712. The maximum absolute atomic E-state index is 15.0. The van der Waals surface area contributed by atoms with E-state index in [0.29, 0.717) is 18.4 Å². The second kappa shape index (κ2) is 31.2. The first-order valence-electron chi connectivity index (χ1n) is 31.4. The van der Waals surface area contributed by atoms with Crippen molar-refractivity contribution in [1.82, 2.24) is 40.4 Å². The standard InChI is InChI=1S/C66H109N9O4/c1-14-19-38-73(54(16-3)17-4)46-50(8)26-22-34-67-60(49(6)7)64(77)70-61(51(9)75-39-21-20-36-69-75)53(30-40-71-47-66(48-71)33-25-43-79-66)31-41-72(37-15-2)55-28-29-59-57(44-55)58(45-65(11,12)32-24-42-76)63(74(59)18-5)56-27-23-35-68-62(56)52(10)78-13/h23,27-30,35,40,42,44,49-50,52-54,60-61,67,69H,9,14-22,24-26,31-34,36-39,41,43,45-48H2,1-8,10-13H3,(H,70,77). The molecule has 442 valence electrons. The molecule has 1 spiro atoms. The summed E-state index contributed by atoms with van der Waals surface area (Å²) in [4.78, 5) is 39.4. The molecule has 3 aromatic rings. The number of rotatable bonds is 36. The number of aryl methyl sites for hydroxylation is 1. The van der Waals surface area contributed by atoms with Crippen molar-refractivity contribution in [3.63, 3.8) is 0 Å². The first-order chi connectivity index (χ1) is 38.1. The van der Waals surface area contributed by atoms with Crippen molar-refractivity contribution >= 4 is 28.8 Å². The molecule has 0 aliphatic carbocycles. The summed E-state index contributed by atoms with van der Waals surface area (Å²) in [6.07, 6.45) is 22.8. The number of nitrogens with zero attached hydrogens (tertiary/aromatic N) is 6. The zero-order valence-electron chi connectivity index (χ0n) is 51.6. The summed E-state index contributed by atoms with van der Waals surface area (Å²) >= 11 is 0. The number of ether oxygens (including phenoxy) is 2. The number of hydrogen-bond acceptors (Lipinski definition) is 11. The molecule has 3 N–H and O–H groups in total. The fourth-order valence-corrected chi connectivity index (χ4v) is 13.1. The van der Waals surface area contributed by atoms with Crippen LogP contribution < -0.4 is 21.0 Å². The Balaban J connectivity index is 1.32. The van der Waals surface area contributed by atoms with Gasteiger partial charge in [0.05, 0.1) is 29.6 Å². The lowest BCUT2D eigenvalue weighted by Gasteiger charge is -2.47. The van der Waals surface area contributed by atoms with Gasteiger partial charge in [0.15, 0.2) is 0 Å². The van der Waals surface area contributed by atoms with Crippen molar-refractivity contribution in [3.8, 4) is 11.3 Å². The number of amides is 1. The number of carbonyl (C=O) groups is 2. The Bertz CT molecular complexity index is 2360. The Morgan fingerprint density at radius 3 is 2.42 bits per heavy atom. The summed E-state index contributed by atoms with van der Waals surface area (Å²) in [7, 11) is 1.75. The minimum absolute atomic E-state index is 0.0269. The summed E-state index contributed by atoms with van der Waals surface area (Å²) < 4.78 is 14.7. The molecule has 5 unspecified atom stereocenters. The molecule has 13 nitrogen and oxygen atoms in total. The fourth-order valence-electron chi connectivity index (χ4n) is 13.1. The molecule has 3 aliphatic rings. The Labute approximate surface area is 479 Å². The highest BCUT2D eigenvalue weighted by atomic mass is 16.5. The van der Waals surface area contributed by atoms with Crippen molar-refractivity contribution in [2.24, 2.45) is 23.2 Å². The summed E-state index contributed by atoms with van der Waals surface area (Å²) in [6, 6.07) is 11.3. The number of pyridine rings is 1. The van der Waals surface area contributed by atoms with E-state index in [9.17, 15) is 4.79 Å². The van der Waals surface area contributed by atoms with E-state index in [1.54, 1.807) is 7.11 Å². The SMILES string of the molecule is C=C(C(NC(=O)C(NCCCC(C)CN(CCCC)C(CC)CC)C(C)C)C(C=CN1CC2(CCCO2)C1)CCN(CCC)c1ccc2c(c1)c(CC(C)(C)CCC=O)c(-c1cccnc1C(C)OC)n2CC)N1CCCCN1. The lowest BCUT2D eigenvalue weighted by atomic mass is 9.80. The van der Waals surface area contributed by atoms with Gasteiger partial charge in [0, 0.05) is 119 Å². The molecule has 6 rings (SSSR count). The number of unbranched alkanes of at least 4 members (excludes halogenated alkanes) is 1. The number of hydrazine groups is 1. The monoisotopic (exact) mass is 1090 g/mol. The molecule has 2 aromatic heterocycles. The molecule has 3 aliphatic heterocycles. The Morgan fingerprint density at radius 1 is 0.987 bits per heavy atom. The highest BCUT2D eigenvalue weighted by molar-refractivity contribution is 5.94. The van der Waals surface area contributed by atoms with Crippen molar-refractivity contribution in [2.45, 2.75) is 209 Å². The number of likely N-dealkylation sites (tertiary alicyclic amines) is 1. The summed E-state index contributed by atoms with van der Waals surface area (Å²) in [5.41, 5.74) is 11.3. The van der Waals surface area contributed by atoms with Crippen molar-refractivity contribution in [3.05, 3.63) is 72.3 Å². The topological polar surface area (TPSA) is 119 Å². The van der Waals surface area contributed by atoms with Crippen LogP contribution in [0.15, 0.2) is 61.1 Å². The first-order valence-corrected chi connectivity index (χ1v) is 31.4. The Kier molecular flexibility index (Phi) is 25.3. The molecular weight excluding hydrogens is 983 g/mol. The number of methoxy groups -OCH3 is 1. The van der Waals surface area contributed by atoms with Crippen molar-refractivity contribution < 1.29 is 19.1 Å². The van der Waals surface area contributed by atoms with Gasteiger partial charge in [-0.05, 0) is 170 Å². The normalized spacial score (nSPS) is 17.8. The minimum Gasteiger partial charge on any atom is -0.375 e. The molecular formula is C66H109N9O4. The van der Waals surface area contributed by atoms with E-state index < -0.39 is 0 Å². The van der Waals surface area contributed by atoms with Gasteiger partial charge in [-0.15, -0.1) is 0 Å². The Hall–Kier alpha value is -4.27. The lowest BCUT2D eigenvalue weighted by molar-refractivity contribution is -0.125. The highest BCUT2D eigenvalue weighted by Crippen LogP contribution is 2.43. The van der Waals surface area contributed by atoms with E-state index >= 15 is 4.79 Å². The molecule has 1 amide bonds. The number of anilines is 1. The van der Waals surface area contributed by atoms with Gasteiger partial charge >= 0.3 is 0 Å². The summed E-state index contributed by atoms with van der Waals surface area (Å²) in [5.74, 6) is 0.672. The van der Waals surface area contributed by atoms with Crippen molar-refractivity contribution in [1.29, 1.82) is 0 Å². The van der Waals surface area contributed by atoms with Crippen LogP contribution in [0.1, 0.15) is 183 Å². The predicted octanol–water partition coefficient (Wildman–Crippen LogP) is 12.5. The van der Waals surface area contributed by atoms with Gasteiger partial charge in [-0.25, -0.2) is 5.43 Å². The molecule has 0 saturated carbocycles. The van der Waals surface area contributed by atoms with Crippen LogP contribution in [0.4, 0.5) is 5.69 Å². The molecule has 0 bridgehead atoms. The predicted molar refractivity (Wildman–Crippen MR) is 329 cm³/mol. The zero-order chi connectivity index (χ0) is 57.1. The first kappa shape index (κ1) is 63.9. The average Bonchev–Trinajstić information content (AvgIpc) is 4.24. The van der Waals surface area contributed by atoms with E-state index in [-0.39, 0.29) is 46.9 Å². The quantitative estimate of drug-likeness (QED) is 0.0381. The maximum atomic E-state index is 15.0. The van der Waals surface area contributed by atoms with Gasteiger partial charge in [0.1, 0.15) is 11.9 Å². The van der Waals surface area contributed by atoms with Crippen LogP contribution in [0, 0.1) is 23.2 Å². The molecule has 0 radical (unpaired) electrons. The third-order valence-corrected chi connectivity index (χ3v) is 17.7. The van der Waals surface area contributed by atoms with Gasteiger partial charge in [0.2, 0.25) is 5.91 Å². The number of carbonyl (C=O) groups excluding carboxylic acids is 2. The van der Waals surface area contributed by atoms with E-state index in [4.69, 9.17) is 21.0 Å². The van der Waals surface area contributed by atoms with Crippen molar-refractivity contribution in [2.75, 3.05) is 77.5 Å². The molecule has 5 atom stereocenters. The second-order valence-corrected chi connectivity index (χ2v) is 24.9. The number of aromatic nitrogens is 2. The number of nitrogens with one attached hydrogen (secondary N) is 3. The van der Waals surface area contributed by atoms with Crippen LogP contribution in [0.3, 0.4) is 0 Å². The molecule has 1 aromatic carbocycles. The Morgan fingerprint density at radius 2 is 1.77 bits per heavy atom. The maximum Gasteiger partial charge on any atom is 0.237 e. The summed E-state index contributed by atoms with van der Waals surface area (Å²) in [6.45, 7) is 39.6. The number of benzene rings is 1. The largest absolute Gasteiger partial charge is 0.375 e. The zero-order valence-corrected chi connectivity index (χ0v) is 51.6. The van der Waals surface area contributed by atoms with Crippen LogP contribution in [-0.2, 0) is 32.0 Å². The molecule has 3 fully saturated rings. The number of fused-ring (bicyclic) bond motifs is 1. The minimum atomic E-state index is -0.343. The van der Waals surface area contributed by atoms with E-state index in [2.05, 4.69) is 153 Å². The molecule has 79 heavy (non-hydrogen) atoms. The van der Waals surface area contributed by atoms with Gasteiger partial charge in [0.25, 0.3) is 0 Å². The smallest absolute Gasteiger partial charge is 0.237 e. The van der Waals surface area contributed by atoms with Crippen LogP contribution in [0.25, 0.3) is 22.2 Å². The van der Waals surface area contributed by atoms with Gasteiger partial charge in [-0.3, -0.25) is 9.78 Å². The third kappa shape index (κ3) is 17.1. The third-order valence-electron chi connectivity index (χ3n) is 17.7. The second-order valence-electron chi connectivity index (χ2n) is 24.9. The molecule has 13 heteroatoms. The lowest BCUT2D eigenvalue weighted by Crippen LogP contribution is -2.59.